The molecule has 0 bridgehead atoms. The maximum absolute atomic E-state index is 11.7. The molecule has 106 valence electrons. The van der Waals surface area contributed by atoms with Crippen molar-refractivity contribution in [3.63, 3.8) is 0 Å². The van der Waals surface area contributed by atoms with Crippen LogP contribution < -0.4 is 15.2 Å². The Balaban J connectivity index is 2.84. The Labute approximate surface area is 112 Å². The second-order valence-corrected chi connectivity index (χ2v) is 4.12. The van der Waals surface area contributed by atoms with Crippen molar-refractivity contribution in [1.82, 2.24) is 4.90 Å². The fourth-order valence-corrected chi connectivity index (χ4v) is 1.67. The Kier molecular flexibility index (Phi) is 5.59. The predicted molar refractivity (Wildman–Crippen MR) is 71.1 cm³/mol. The van der Waals surface area contributed by atoms with Crippen molar-refractivity contribution in [2.75, 3.05) is 27.8 Å². The number of carbonyl (C=O) groups excluding carboxylic acids is 1. The second kappa shape index (κ2) is 6.96. The summed E-state index contributed by atoms with van der Waals surface area (Å²) in [6.45, 7) is 0.228. The summed E-state index contributed by atoms with van der Waals surface area (Å²) in [4.78, 5) is 13.1. The molecule has 1 amide bonds. The maximum atomic E-state index is 11.7. The number of hydrogen-bond donors (Lipinski definition) is 2. The zero-order chi connectivity index (χ0) is 14.4. The van der Waals surface area contributed by atoms with Gasteiger partial charge in [0.25, 0.3) is 5.91 Å². The van der Waals surface area contributed by atoms with Crippen molar-refractivity contribution in [2.24, 2.45) is 5.73 Å². The second-order valence-electron chi connectivity index (χ2n) is 4.12. The van der Waals surface area contributed by atoms with Gasteiger partial charge in [-0.3, -0.25) is 4.79 Å². The van der Waals surface area contributed by atoms with Gasteiger partial charge in [-0.05, 0) is 12.1 Å². The fraction of sp³-hybridized carbons (Fsp3) is 0.462. The Morgan fingerprint density at radius 1 is 1.42 bits per heavy atom. The summed E-state index contributed by atoms with van der Waals surface area (Å²) in [6, 6.07) is 5.35. The van der Waals surface area contributed by atoms with Gasteiger partial charge in [0.15, 0.2) is 0 Å². The van der Waals surface area contributed by atoms with Crippen LogP contribution in [0.2, 0.25) is 0 Å². The third-order valence-electron chi connectivity index (χ3n) is 2.79. The summed E-state index contributed by atoms with van der Waals surface area (Å²) in [5, 5.41) is 9.42. The SMILES string of the molecule is COc1ccc(CN(C)C(=O)C(O)CN)c(OC)c1. The average Bonchev–Trinajstić information content (AvgIpc) is 2.45. The van der Waals surface area contributed by atoms with E-state index in [9.17, 15) is 9.90 Å². The molecule has 1 atom stereocenters. The van der Waals surface area contributed by atoms with E-state index >= 15 is 0 Å². The Morgan fingerprint density at radius 2 is 2.11 bits per heavy atom. The molecule has 0 heterocycles. The summed E-state index contributed by atoms with van der Waals surface area (Å²) in [5.74, 6) is 0.887. The summed E-state index contributed by atoms with van der Waals surface area (Å²) < 4.78 is 10.4. The van der Waals surface area contributed by atoms with E-state index in [2.05, 4.69) is 0 Å². The van der Waals surface area contributed by atoms with Crippen LogP contribution in [0, 0.1) is 0 Å². The van der Waals surface area contributed by atoms with E-state index in [0.29, 0.717) is 18.0 Å². The number of benzene rings is 1. The van der Waals surface area contributed by atoms with E-state index in [1.54, 1.807) is 33.4 Å². The molecule has 1 aromatic carbocycles. The first-order valence-corrected chi connectivity index (χ1v) is 5.87. The Hall–Kier alpha value is -1.79. The largest absolute Gasteiger partial charge is 0.497 e. The monoisotopic (exact) mass is 268 g/mol. The number of likely N-dealkylation sites (N-methyl/N-ethyl adjacent to an activating group) is 1. The number of carbonyl (C=O) groups is 1. The molecule has 0 aliphatic carbocycles. The van der Waals surface area contributed by atoms with Crippen LogP contribution in [0.5, 0.6) is 11.5 Å². The van der Waals surface area contributed by atoms with Gasteiger partial charge in [-0.25, -0.2) is 0 Å². The highest BCUT2D eigenvalue weighted by Gasteiger charge is 2.19. The number of rotatable bonds is 6. The van der Waals surface area contributed by atoms with Crippen LogP contribution >= 0.6 is 0 Å². The van der Waals surface area contributed by atoms with Gasteiger partial charge >= 0.3 is 0 Å². The Morgan fingerprint density at radius 3 is 2.63 bits per heavy atom. The highest BCUT2D eigenvalue weighted by atomic mass is 16.5. The standard InChI is InChI=1S/C13H20N2O4/c1-15(13(17)11(16)7-14)8-9-4-5-10(18-2)6-12(9)19-3/h4-6,11,16H,7-8,14H2,1-3H3. The van der Waals surface area contributed by atoms with Gasteiger partial charge in [-0.2, -0.15) is 0 Å². The van der Waals surface area contributed by atoms with E-state index in [1.807, 2.05) is 6.07 Å². The minimum atomic E-state index is -1.17. The molecule has 0 saturated heterocycles. The number of aliphatic hydroxyl groups is 1. The van der Waals surface area contributed by atoms with Crippen LogP contribution in [0.3, 0.4) is 0 Å². The molecule has 19 heavy (non-hydrogen) atoms. The molecule has 0 aromatic heterocycles. The van der Waals surface area contributed by atoms with Crippen molar-refractivity contribution in [1.29, 1.82) is 0 Å². The number of nitrogens with zero attached hydrogens (tertiary/aromatic N) is 1. The molecule has 6 nitrogen and oxygen atoms in total. The normalized spacial score (nSPS) is 11.8. The highest BCUT2D eigenvalue weighted by Crippen LogP contribution is 2.25. The van der Waals surface area contributed by atoms with Gasteiger partial charge < -0.3 is 25.2 Å². The van der Waals surface area contributed by atoms with Crippen molar-refractivity contribution >= 4 is 5.91 Å². The van der Waals surface area contributed by atoms with E-state index in [0.717, 1.165) is 5.56 Å². The van der Waals surface area contributed by atoms with Crippen LogP contribution in [-0.2, 0) is 11.3 Å². The fourth-order valence-electron chi connectivity index (χ4n) is 1.67. The summed E-state index contributed by atoms with van der Waals surface area (Å²) in [6.07, 6.45) is -1.17. The van der Waals surface area contributed by atoms with Crippen LogP contribution in [0.25, 0.3) is 0 Å². The van der Waals surface area contributed by atoms with Gasteiger partial charge in [-0.1, -0.05) is 0 Å². The van der Waals surface area contributed by atoms with Crippen molar-refractivity contribution in [3.05, 3.63) is 23.8 Å². The van der Waals surface area contributed by atoms with Gasteiger partial charge in [0, 0.05) is 31.8 Å². The molecule has 6 heteroatoms. The number of methoxy groups -OCH3 is 2. The van der Waals surface area contributed by atoms with Crippen LogP contribution in [0.1, 0.15) is 5.56 Å². The molecule has 0 aliphatic rings. The zero-order valence-electron chi connectivity index (χ0n) is 11.4. The quantitative estimate of drug-likeness (QED) is 0.757. The maximum Gasteiger partial charge on any atom is 0.252 e. The zero-order valence-corrected chi connectivity index (χ0v) is 11.4. The molecule has 0 radical (unpaired) electrons. The lowest BCUT2D eigenvalue weighted by atomic mass is 10.1. The minimum Gasteiger partial charge on any atom is -0.497 e. The van der Waals surface area contributed by atoms with Crippen molar-refractivity contribution < 1.29 is 19.4 Å². The first-order valence-electron chi connectivity index (χ1n) is 5.87. The molecule has 0 saturated carbocycles. The lowest BCUT2D eigenvalue weighted by molar-refractivity contribution is -0.138. The Bertz CT molecular complexity index is 437. The lowest BCUT2D eigenvalue weighted by Gasteiger charge is -2.21. The van der Waals surface area contributed by atoms with Crippen molar-refractivity contribution in [2.45, 2.75) is 12.6 Å². The van der Waals surface area contributed by atoms with Gasteiger partial charge in [0.2, 0.25) is 0 Å². The number of ether oxygens (including phenoxy) is 2. The molecule has 1 unspecified atom stereocenters. The van der Waals surface area contributed by atoms with Crippen LogP contribution in [0.4, 0.5) is 0 Å². The molecule has 3 N–H and O–H groups in total. The molecule has 1 aromatic rings. The first kappa shape index (κ1) is 15.3. The smallest absolute Gasteiger partial charge is 0.252 e. The number of hydrogen-bond acceptors (Lipinski definition) is 5. The average molecular weight is 268 g/mol. The van der Waals surface area contributed by atoms with Gasteiger partial charge in [-0.15, -0.1) is 0 Å². The number of nitrogens with two attached hydrogens (primary N) is 1. The van der Waals surface area contributed by atoms with E-state index < -0.39 is 12.0 Å². The van der Waals surface area contributed by atoms with E-state index in [4.69, 9.17) is 15.2 Å². The predicted octanol–water partition coefficient (Wildman–Crippen LogP) is -0.0182. The van der Waals surface area contributed by atoms with Crippen LogP contribution in [0.15, 0.2) is 18.2 Å². The number of aliphatic hydroxyl groups excluding tert-OH is 1. The third kappa shape index (κ3) is 3.84. The van der Waals surface area contributed by atoms with Gasteiger partial charge in [0.05, 0.1) is 14.2 Å². The third-order valence-corrected chi connectivity index (χ3v) is 2.79. The summed E-state index contributed by atoms with van der Waals surface area (Å²) in [5.41, 5.74) is 6.08. The van der Waals surface area contributed by atoms with Crippen LogP contribution in [-0.4, -0.2) is 49.8 Å². The first-order chi connectivity index (χ1) is 9.03. The van der Waals surface area contributed by atoms with E-state index in [-0.39, 0.29) is 6.54 Å². The minimum absolute atomic E-state index is 0.0943. The highest BCUT2D eigenvalue weighted by molar-refractivity contribution is 5.80. The molecule has 0 fully saturated rings. The molecular weight excluding hydrogens is 248 g/mol. The van der Waals surface area contributed by atoms with Crippen molar-refractivity contribution in [3.8, 4) is 11.5 Å². The number of amides is 1. The molecular formula is C13H20N2O4. The molecule has 1 rings (SSSR count). The summed E-state index contributed by atoms with van der Waals surface area (Å²) in [7, 11) is 4.72. The van der Waals surface area contributed by atoms with Gasteiger partial charge in [0.1, 0.15) is 17.6 Å². The molecule has 0 aliphatic heterocycles. The lowest BCUT2D eigenvalue weighted by Crippen LogP contribution is -2.40. The topological polar surface area (TPSA) is 85.0 Å². The van der Waals surface area contributed by atoms with E-state index in [1.165, 1.54) is 4.90 Å². The molecule has 0 spiro atoms. The summed E-state index contributed by atoms with van der Waals surface area (Å²) >= 11 is 0.